The molecule has 4 saturated carbocycles. The lowest BCUT2D eigenvalue weighted by Gasteiger charge is -2.61. The highest BCUT2D eigenvalue weighted by atomic mass is 16.7. The summed E-state index contributed by atoms with van der Waals surface area (Å²) in [5.41, 5.74) is 1.26. The Morgan fingerprint density at radius 1 is 0.783 bits per heavy atom. The third-order valence-corrected chi connectivity index (χ3v) is 9.26. The summed E-state index contributed by atoms with van der Waals surface area (Å²) in [7, 11) is 0. The SMILES string of the molecule is C[C@]12CCC[C@@H]1[C@H]1CC[C@H]3CC4(CC[C@]3(C)[C@@H]1CC2)OCCO4. The molecule has 2 nitrogen and oxygen atoms in total. The molecule has 1 spiro atoms. The maximum absolute atomic E-state index is 6.07. The highest BCUT2D eigenvalue weighted by molar-refractivity contribution is 5.08. The first-order valence-electron chi connectivity index (χ1n) is 10.3. The molecule has 23 heavy (non-hydrogen) atoms. The van der Waals surface area contributed by atoms with Crippen LogP contribution in [-0.4, -0.2) is 19.0 Å². The number of rotatable bonds is 0. The van der Waals surface area contributed by atoms with Crippen LogP contribution in [0.4, 0.5) is 0 Å². The number of hydrogen-bond acceptors (Lipinski definition) is 2. The summed E-state index contributed by atoms with van der Waals surface area (Å²) in [6, 6.07) is 0. The smallest absolute Gasteiger partial charge is 0.168 e. The molecule has 0 aromatic carbocycles. The fourth-order valence-electron chi connectivity index (χ4n) is 7.95. The predicted molar refractivity (Wildman–Crippen MR) is 91.0 cm³/mol. The molecule has 6 atom stereocenters. The number of fused-ring (bicyclic) bond motifs is 5. The standard InChI is InChI=1S/C21H34O2/c1-19-8-3-4-17(19)16-6-5-15-14-21(22-12-13-23-21)11-10-20(15,2)18(16)7-9-19/h15-18H,3-14H2,1-2H3/t15-,16+,17+,18+,19+,20-/m0/s1. The first-order chi connectivity index (χ1) is 11.0. The molecule has 1 heterocycles. The van der Waals surface area contributed by atoms with Gasteiger partial charge in [0.15, 0.2) is 5.79 Å². The Kier molecular flexibility index (Phi) is 3.29. The van der Waals surface area contributed by atoms with Crippen LogP contribution in [0.25, 0.3) is 0 Å². The van der Waals surface area contributed by atoms with E-state index in [0.717, 1.165) is 43.3 Å². The largest absolute Gasteiger partial charge is 0.348 e. The average molecular weight is 319 g/mol. The molecular formula is C21H34O2. The fourth-order valence-corrected chi connectivity index (χ4v) is 7.95. The Labute approximate surface area is 141 Å². The Morgan fingerprint density at radius 2 is 1.61 bits per heavy atom. The molecule has 5 rings (SSSR count). The lowest BCUT2D eigenvalue weighted by atomic mass is 9.45. The molecule has 2 heteroatoms. The first kappa shape index (κ1) is 15.2. The highest BCUT2D eigenvalue weighted by Crippen LogP contribution is 2.67. The Hall–Kier alpha value is -0.0800. The molecule has 0 bridgehead atoms. The van der Waals surface area contributed by atoms with E-state index in [2.05, 4.69) is 13.8 Å². The van der Waals surface area contributed by atoms with Gasteiger partial charge in [-0.1, -0.05) is 20.3 Å². The van der Waals surface area contributed by atoms with Gasteiger partial charge in [0, 0.05) is 12.8 Å². The number of hydrogen-bond donors (Lipinski definition) is 0. The van der Waals surface area contributed by atoms with E-state index in [0.29, 0.717) is 10.8 Å². The van der Waals surface area contributed by atoms with Gasteiger partial charge in [0.2, 0.25) is 0 Å². The van der Waals surface area contributed by atoms with Gasteiger partial charge in [0.1, 0.15) is 0 Å². The molecule has 0 aromatic heterocycles. The van der Waals surface area contributed by atoms with Crippen LogP contribution < -0.4 is 0 Å². The van der Waals surface area contributed by atoms with Crippen LogP contribution >= 0.6 is 0 Å². The van der Waals surface area contributed by atoms with Crippen molar-refractivity contribution in [3.63, 3.8) is 0 Å². The second-order valence-corrected chi connectivity index (χ2v) is 10.1. The van der Waals surface area contributed by atoms with Gasteiger partial charge >= 0.3 is 0 Å². The molecule has 0 aromatic rings. The number of ether oxygens (including phenoxy) is 2. The highest BCUT2D eigenvalue weighted by Gasteiger charge is 2.60. The minimum Gasteiger partial charge on any atom is -0.348 e. The third-order valence-electron chi connectivity index (χ3n) is 9.26. The molecular weight excluding hydrogens is 284 g/mol. The molecule has 5 fully saturated rings. The summed E-state index contributed by atoms with van der Waals surface area (Å²) in [5.74, 6) is 3.69. The Morgan fingerprint density at radius 3 is 2.43 bits per heavy atom. The molecule has 0 N–H and O–H groups in total. The van der Waals surface area contributed by atoms with Gasteiger partial charge in [-0.3, -0.25) is 0 Å². The van der Waals surface area contributed by atoms with Gasteiger partial charge in [0.25, 0.3) is 0 Å². The van der Waals surface area contributed by atoms with E-state index in [9.17, 15) is 0 Å². The molecule has 5 aliphatic rings. The lowest BCUT2D eigenvalue weighted by Crippen LogP contribution is -2.55. The quantitative estimate of drug-likeness (QED) is 0.614. The predicted octanol–water partition coefficient (Wildman–Crippen LogP) is 5.16. The van der Waals surface area contributed by atoms with E-state index in [1.54, 1.807) is 0 Å². The van der Waals surface area contributed by atoms with Gasteiger partial charge in [0.05, 0.1) is 13.2 Å². The van der Waals surface area contributed by atoms with E-state index >= 15 is 0 Å². The lowest BCUT2D eigenvalue weighted by molar-refractivity contribution is -0.229. The minimum absolute atomic E-state index is 0.187. The molecule has 130 valence electrons. The van der Waals surface area contributed by atoms with Crippen LogP contribution in [0.1, 0.15) is 78.1 Å². The second-order valence-electron chi connectivity index (χ2n) is 10.1. The molecule has 0 unspecified atom stereocenters. The van der Waals surface area contributed by atoms with Gasteiger partial charge in [-0.15, -0.1) is 0 Å². The normalized spacial score (nSPS) is 54.5. The summed E-state index contributed by atoms with van der Waals surface area (Å²) >= 11 is 0. The zero-order valence-electron chi connectivity index (χ0n) is 15.1. The van der Waals surface area contributed by atoms with E-state index in [4.69, 9.17) is 9.47 Å². The summed E-state index contributed by atoms with van der Waals surface area (Å²) in [6.45, 7) is 6.89. The fraction of sp³-hybridized carbons (Fsp3) is 1.00. The van der Waals surface area contributed by atoms with E-state index < -0.39 is 0 Å². The van der Waals surface area contributed by atoms with Crippen LogP contribution in [0, 0.1) is 34.5 Å². The van der Waals surface area contributed by atoms with Crippen molar-refractivity contribution in [3.8, 4) is 0 Å². The maximum Gasteiger partial charge on any atom is 0.168 e. The summed E-state index contributed by atoms with van der Waals surface area (Å²) in [5, 5.41) is 0. The van der Waals surface area contributed by atoms with Gasteiger partial charge in [-0.05, 0) is 79.4 Å². The molecule has 0 amide bonds. The van der Waals surface area contributed by atoms with Crippen molar-refractivity contribution >= 4 is 0 Å². The maximum atomic E-state index is 6.07. The Bertz CT molecular complexity index is 482. The minimum atomic E-state index is -0.187. The summed E-state index contributed by atoms with van der Waals surface area (Å²) < 4.78 is 12.1. The monoisotopic (exact) mass is 318 g/mol. The van der Waals surface area contributed by atoms with Crippen LogP contribution in [0.5, 0.6) is 0 Å². The zero-order valence-corrected chi connectivity index (χ0v) is 15.1. The first-order valence-corrected chi connectivity index (χ1v) is 10.3. The van der Waals surface area contributed by atoms with Gasteiger partial charge < -0.3 is 9.47 Å². The van der Waals surface area contributed by atoms with Crippen LogP contribution in [-0.2, 0) is 9.47 Å². The van der Waals surface area contributed by atoms with E-state index in [-0.39, 0.29) is 5.79 Å². The van der Waals surface area contributed by atoms with Crippen LogP contribution in [0.15, 0.2) is 0 Å². The van der Waals surface area contributed by atoms with Crippen molar-refractivity contribution in [1.82, 2.24) is 0 Å². The molecule has 1 saturated heterocycles. The second kappa shape index (κ2) is 4.97. The topological polar surface area (TPSA) is 18.5 Å². The third kappa shape index (κ3) is 2.06. The van der Waals surface area contributed by atoms with Crippen molar-refractivity contribution < 1.29 is 9.47 Å². The van der Waals surface area contributed by atoms with Crippen molar-refractivity contribution in [3.05, 3.63) is 0 Å². The zero-order chi connectivity index (χ0) is 15.7. The van der Waals surface area contributed by atoms with E-state index in [1.165, 1.54) is 57.8 Å². The summed E-state index contributed by atoms with van der Waals surface area (Å²) in [6.07, 6.45) is 14.1. The van der Waals surface area contributed by atoms with Crippen LogP contribution in [0.3, 0.4) is 0 Å². The van der Waals surface area contributed by atoms with E-state index in [1.807, 2.05) is 0 Å². The molecule has 4 aliphatic carbocycles. The van der Waals surface area contributed by atoms with Crippen LogP contribution in [0.2, 0.25) is 0 Å². The van der Waals surface area contributed by atoms with Crippen molar-refractivity contribution in [1.29, 1.82) is 0 Å². The molecule has 1 aliphatic heterocycles. The van der Waals surface area contributed by atoms with Gasteiger partial charge in [-0.25, -0.2) is 0 Å². The van der Waals surface area contributed by atoms with Crippen molar-refractivity contribution in [2.75, 3.05) is 13.2 Å². The average Bonchev–Trinajstić information content (AvgIpc) is 3.15. The molecule has 0 radical (unpaired) electrons. The summed E-state index contributed by atoms with van der Waals surface area (Å²) in [4.78, 5) is 0. The Balaban J connectivity index is 1.41. The van der Waals surface area contributed by atoms with Crippen molar-refractivity contribution in [2.45, 2.75) is 83.8 Å². The van der Waals surface area contributed by atoms with Gasteiger partial charge in [-0.2, -0.15) is 0 Å². The van der Waals surface area contributed by atoms with Crippen molar-refractivity contribution in [2.24, 2.45) is 34.5 Å².